The highest BCUT2D eigenvalue weighted by molar-refractivity contribution is 6.69. The van der Waals surface area contributed by atoms with Gasteiger partial charge in [-0.15, -0.1) is 0 Å². The van der Waals surface area contributed by atoms with E-state index in [1.54, 1.807) is 6.92 Å². The highest BCUT2D eigenvalue weighted by Crippen LogP contribution is 2.07. The molecule has 0 aliphatic heterocycles. The number of ether oxygens (including phenoxy) is 1. The van der Waals surface area contributed by atoms with Crippen LogP contribution in [0.1, 0.15) is 13.8 Å². The molecule has 1 unspecified atom stereocenters. The van der Waals surface area contributed by atoms with Crippen LogP contribution in [-0.2, 0) is 14.0 Å². The molecular weight excluding hydrogens is 160 g/mol. The van der Waals surface area contributed by atoms with Crippen LogP contribution in [0, 0.1) is 0 Å². The predicted molar refractivity (Wildman–Crippen MR) is 45.7 cm³/mol. The third-order valence-electron chi connectivity index (χ3n) is 0.851. The van der Waals surface area contributed by atoms with Crippen molar-refractivity contribution in [2.24, 2.45) is 0 Å². The normalized spacial score (nSPS) is 14.3. The number of hydrogen-bond acceptors (Lipinski definition) is 3. The molecule has 0 spiro atoms. The molecule has 0 bridgehead atoms. The topological polar surface area (TPSA) is 35.5 Å². The molecule has 1 atom stereocenters. The molecule has 0 aliphatic rings. The average molecular weight is 176 g/mol. The van der Waals surface area contributed by atoms with Gasteiger partial charge in [0.15, 0.2) is 14.6 Å². The van der Waals surface area contributed by atoms with Gasteiger partial charge in [0.2, 0.25) is 0 Å². The summed E-state index contributed by atoms with van der Waals surface area (Å²) in [6, 6.07) is 0. The third kappa shape index (κ3) is 7.54. The van der Waals surface area contributed by atoms with Crippen molar-refractivity contribution in [3.63, 3.8) is 0 Å². The molecule has 0 saturated heterocycles. The van der Waals surface area contributed by atoms with Gasteiger partial charge in [-0.25, -0.2) is 0 Å². The maximum atomic E-state index is 10.5. The Morgan fingerprint density at radius 3 is 2.09 bits per heavy atom. The first-order valence-corrected chi connectivity index (χ1v) is 7.07. The lowest BCUT2D eigenvalue weighted by Crippen LogP contribution is -2.32. The molecule has 0 aromatic heterocycles. The summed E-state index contributed by atoms with van der Waals surface area (Å²) in [6.45, 7) is 9.26. The highest BCUT2D eigenvalue weighted by atomic mass is 28.4. The van der Waals surface area contributed by atoms with Gasteiger partial charge >= 0.3 is 5.97 Å². The van der Waals surface area contributed by atoms with Crippen LogP contribution in [0.3, 0.4) is 0 Å². The molecule has 11 heavy (non-hydrogen) atoms. The van der Waals surface area contributed by atoms with Crippen LogP contribution < -0.4 is 0 Å². The second-order valence-electron chi connectivity index (χ2n) is 3.41. The molecule has 3 nitrogen and oxygen atoms in total. The summed E-state index contributed by atoms with van der Waals surface area (Å²) in [6.07, 6.45) is -0.404. The van der Waals surface area contributed by atoms with Gasteiger partial charge in [0.05, 0.1) is 0 Å². The molecule has 0 aliphatic carbocycles. The van der Waals surface area contributed by atoms with Crippen LogP contribution in [0.4, 0.5) is 0 Å². The summed E-state index contributed by atoms with van der Waals surface area (Å²) < 4.78 is 10.2. The molecule has 0 rings (SSSR count). The van der Waals surface area contributed by atoms with Gasteiger partial charge in [-0.05, 0) is 26.6 Å². The number of carbonyl (C=O) groups excluding carboxylic acids is 1. The van der Waals surface area contributed by atoms with E-state index in [0.29, 0.717) is 0 Å². The van der Waals surface area contributed by atoms with Crippen molar-refractivity contribution in [2.45, 2.75) is 39.8 Å². The van der Waals surface area contributed by atoms with Crippen LogP contribution in [0.5, 0.6) is 0 Å². The van der Waals surface area contributed by atoms with Gasteiger partial charge in [0.1, 0.15) is 0 Å². The zero-order valence-electron chi connectivity index (χ0n) is 7.80. The minimum atomic E-state index is -1.56. The Bertz CT molecular complexity index is 139. The molecule has 0 fully saturated rings. The number of rotatable bonds is 3. The molecule has 0 N–H and O–H groups in total. The standard InChI is InChI=1S/C7H16O3Si/c1-6(8)9-7(2)10-11(3,4)5/h7H,1-5H3. The van der Waals surface area contributed by atoms with E-state index in [1.807, 2.05) is 19.6 Å². The maximum Gasteiger partial charge on any atom is 0.304 e. The van der Waals surface area contributed by atoms with E-state index in [2.05, 4.69) is 0 Å². The molecule has 0 heterocycles. The Morgan fingerprint density at radius 1 is 1.36 bits per heavy atom. The molecule has 0 amide bonds. The summed E-state index contributed by atoms with van der Waals surface area (Å²) in [4.78, 5) is 10.5. The molecule has 4 heteroatoms. The lowest BCUT2D eigenvalue weighted by Gasteiger charge is -2.22. The summed E-state index contributed by atoms with van der Waals surface area (Å²) >= 11 is 0. The van der Waals surface area contributed by atoms with Gasteiger partial charge in [-0.3, -0.25) is 4.79 Å². The van der Waals surface area contributed by atoms with Gasteiger partial charge in [-0.2, -0.15) is 0 Å². The third-order valence-corrected chi connectivity index (χ3v) is 1.89. The van der Waals surface area contributed by atoms with Gasteiger partial charge in [0, 0.05) is 6.92 Å². The second kappa shape index (κ2) is 3.87. The van der Waals surface area contributed by atoms with E-state index in [1.165, 1.54) is 6.92 Å². The van der Waals surface area contributed by atoms with E-state index in [0.717, 1.165) is 0 Å². The maximum absolute atomic E-state index is 10.5. The van der Waals surface area contributed by atoms with Crippen molar-refractivity contribution in [3.8, 4) is 0 Å². The van der Waals surface area contributed by atoms with Gasteiger partial charge in [0.25, 0.3) is 0 Å². The second-order valence-corrected chi connectivity index (χ2v) is 7.87. The minimum absolute atomic E-state index is 0.296. The van der Waals surface area contributed by atoms with E-state index >= 15 is 0 Å². The van der Waals surface area contributed by atoms with E-state index < -0.39 is 14.6 Å². The molecule has 66 valence electrons. The summed E-state index contributed by atoms with van der Waals surface area (Å²) in [5, 5.41) is 0. The Balaban J connectivity index is 3.69. The first-order valence-electron chi connectivity index (χ1n) is 3.66. The first-order chi connectivity index (χ1) is 4.81. The Morgan fingerprint density at radius 2 is 1.82 bits per heavy atom. The fourth-order valence-corrected chi connectivity index (χ4v) is 1.80. The van der Waals surface area contributed by atoms with Crippen molar-refractivity contribution >= 4 is 14.3 Å². The molecule has 0 aromatic carbocycles. The zero-order chi connectivity index (χ0) is 9.07. The number of esters is 1. The largest absolute Gasteiger partial charge is 0.437 e. The quantitative estimate of drug-likeness (QED) is 0.373. The van der Waals surface area contributed by atoms with Crippen molar-refractivity contribution in [1.82, 2.24) is 0 Å². The number of carbonyl (C=O) groups is 1. The predicted octanol–water partition coefficient (Wildman–Crippen LogP) is 1.75. The molecular formula is C7H16O3Si. The van der Waals surface area contributed by atoms with Crippen LogP contribution in [0.15, 0.2) is 0 Å². The van der Waals surface area contributed by atoms with Crippen molar-refractivity contribution < 1.29 is 14.0 Å². The molecule has 0 aromatic rings. The average Bonchev–Trinajstić information content (AvgIpc) is 1.53. The van der Waals surface area contributed by atoms with Crippen LogP contribution in [-0.4, -0.2) is 20.6 Å². The van der Waals surface area contributed by atoms with Crippen LogP contribution >= 0.6 is 0 Å². The molecule has 0 radical (unpaired) electrons. The van der Waals surface area contributed by atoms with Crippen molar-refractivity contribution in [2.75, 3.05) is 0 Å². The summed E-state index contributed by atoms with van der Waals surface area (Å²) in [5.74, 6) is -0.296. The van der Waals surface area contributed by atoms with E-state index in [-0.39, 0.29) is 5.97 Å². The minimum Gasteiger partial charge on any atom is -0.437 e. The lowest BCUT2D eigenvalue weighted by molar-refractivity contribution is -0.159. The first kappa shape index (κ1) is 10.6. The Labute approximate surface area is 68.8 Å². The van der Waals surface area contributed by atoms with E-state index in [4.69, 9.17) is 9.16 Å². The van der Waals surface area contributed by atoms with Gasteiger partial charge < -0.3 is 9.16 Å². The summed E-state index contributed by atoms with van der Waals surface area (Å²) in [5.41, 5.74) is 0. The Kier molecular flexibility index (Phi) is 3.75. The zero-order valence-corrected chi connectivity index (χ0v) is 8.80. The lowest BCUT2D eigenvalue weighted by atomic mass is 10.7. The molecule has 0 saturated carbocycles. The van der Waals surface area contributed by atoms with Crippen molar-refractivity contribution in [1.29, 1.82) is 0 Å². The van der Waals surface area contributed by atoms with Crippen molar-refractivity contribution in [3.05, 3.63) is 0 Å². The van der Waals surface area contributed by atoms with E-state index in [9.17, 15) is 4.79 Å². The fourth-order valence-electron chi connectivity index (χ4n) is 0.756. The smallest absolute Gasteiger partial charge is 0.304 e. The Hall–Kier alpha value is -0.353. The number of hydrogen-bond donors (Lipinski definition) is 0. The van der Waals surface area contributed by atoms with Crippen LogP contribution in [0.25, 0.3) is 0 Å². The summed E-state index contributed by atoms with van der Waals surface area (Å²) in [7, 11) is -1.56. The fraction of sp³-hybridized carbons (Fsp3) is 0.857. The highest BCUT2D eigenvalue weighted by Gasteiger charge is 2.19. The SMILES string of the molecule is CC(=O)OC(C)O[Si](C)(C)C. The van der Waals surface area contributed by atoms with Gasteiger partial charge in [-0.1, -0.05) is 0 Å². The monoisotopic (exact) mass is 176 g/mol. The van der Waals surface area contributed by atoms with Crippen LogP contribution in [0.2, 0.25) is 19.6 Å².